The first-order valence-electron chi connectivity index (χ1n) is 5.42. The van der Waals surface area contributed by atoms with E-state index in [4.69, 9.17) is 5.73 Å². The minimum atomic E-state index is -4.30. The van der Waals surface area contributed by atoms with E-state index in [9.17, 15) is 16.8 Å². The molecule has 0 aliphatic heterocycles. The summed E-state index contributed by atoms with van der Waals surface area (Å²) in [4.78, 5) is -0.332. The predicted molar refractivity (Wildman–Crippen MR) is 74.8 cm³/mol. The Bertz CT molecular complexity index is 865. The van der Waals surface area contributed by atoms with E-state index in [0.717, 1.165) is 11.1 Å². The Morgan fingerprint density at radius 1 is 0.950 bits per heavy atom. The summed E-state index contributed by atoms with van der Waals surface area (Å²) in [5.74, 6) is 0. The van der Waals surface area contributed by atoms with E-state index in [2.05, 4.69) is 3.77 Å². The predicted octanol–water partition coefficient (Wildman–Crippen LogP) is 1.69. The summed E-state index contributed by atoms with van der Waals surface area (Å²) in [6.07, 6.45) is 0. The molecule has 0 radical (unpaired) electrons. The number of anilines is 1. The Kier molecular flexibility index (Phi) is 3.86. The van der Waals surface area contributed by atoms with Crippen molar-refractivity contribution in [3.05, 3.63) is 48.5 Å². The van der Waals surface area contributed by atoms with Crippen LogP contribution in [0.25, 0.3) is 11.1 Å². The summed E-state index contributed by atoms with van der Waals surface area (Å²) < 4.78 is 46.8. The molecule has 2 rings (SSSR count). The molecular weight excluding hydrogens is 300 g/mol. The van der Waals surface area contributed by atoms with Gasteiger partial charge in [-0.15, -0.1) is 0 Å². The molecule has 0 spiro atoms. The molecule has 0 bridgehead atoms. The number of rotatable bonds is 3. The number of hydrogen-bond acceptors (Lipinski definition) is 5. The van der Waals surface area contributed by atoms with Gasteiger partial charge in [-0.3, -0.25) is 0 Å². The zero-order chi connectivity index (χ0) is 14.8. The zero-order valence-corrected chi connectivity index (χ0v) is 11.7. The number of hydrogen-bond donors (Lipinski definition) is 1. The molecule has 2 aromatic carbocycles. The van der Waals surface area contributed by atoms with Crippen LogP contribution in [0.1, 0.15) is 0 Å². The van der Waals surface area contributed by atoms with Gasteiger partial charge < -0.3 is 5.73 Å². The lowest BCUT2D eigenvalue weighted by Gasteiger charge is -2.06. The second-order valence-corrected chi connectivity index (χ2v) is 6.31. The molecule has 20 heavy (non-hydrogen) atoms. The van der Waals surface area contributed by atoms with Crippen LogP contribution in [-0.2, 0) is 20.5 Å². The van der Waals surface area contributed by atoms with Crippen LogP contribution in [0, 0.1) is 0 Å². The van der Waals surface area contributed by atoms with Crippen LogP contribution in [0.15, 0.2) is 57.2 Å². The number of benzene rings is 2. The number of nitrogens with two attached hydrogens (primary N) is 1. The number of nitrogen functional groups attached to an aromatic ring is 1. The fourth-order valence-corrected chi connectivity index (χ4v) is 3.27. The van der Waals surface area contributed by atoms with Crippen molar-refractivity contribution >= 4 is 26.2 Å². The van der Waals surface area contributed by atoms with Crippen molar-refractivity contribution < 1.29 is 16.8 Å². The van der Waals surface area contributed by atoms with Gasteiger partial charge in [0.2, 0.25) is 0 Å². The van der Waals surface area contributed by atoms with Gasteiger partial charge in [0.15, 0.2) is 0 Å². The molecule has 2 N–H and O–H groups in total. The Balaban J connectivity index is 2.55. The van der Waals surface area contributed by atoms with Crippen LogP contribution < -0.4 is 5.73 Å². The van der Waals surface area contributed by atoms with E-state index in [0.29, 0.717) is 0 Å². The molecule has 104 valence electrons. The van der Waals surface area contributed by atoms with Crippen LogP contribution in [0.5, 0.6) is 0 Å². The van der Waals surface area contributed by atoms with Gasteiger partial charge in [-0.05, 0) is 27.0 Å². The van der Waals surface area contributed by atoms with Gasteiger partial charge in [-0.25, -0.2) is 0 Å². The van der Waals surface area contributed by atoms with Gasteiger partial charge >= 0.3 is 10.5 Å². The van der Waals surface area contributed by atoms with Gasteiger partial charge in [0.25, 0.3) is 10.0 Å². The largest absolute Gasteiger partial charge is 0.398 e. The average molecular weight is 310 g/mol. The van der Waals surface area contributed by atoms with E-state index < -0.39 is 20.5 Å². The third-order valence-electron chi connectivity index (χ3n) is 2.55. The monoisotopic (exact) mass is 310 g/mol. The van der Waals surface area contributed by atoms with Gasteiger partial charge in [0.1, 0.15) is 4.90 Å². The summed E-state index contributed by atoms with van der Waals surface area (Å²) in [6, 6.07) is 13.5. The van der Waals surface area contributed by atoms with Gasteiger partial charge in [-0.1, -0.05) is 36.4 Å². The van der Waals surface area contributed by atoms with E-state index >= 15 is 0 Å². The highest BCUT2D eigenvalue weighted by Crippen LogP contribution is 2.27. The van der Waals surface area contributed by atoms with Crippen molar-refractivity contribution in [3.63, 3.8) is 0 Å². The molecule has 2 aromatic rings. The first kappa shape index (κ1) is 14.2. The van der Waals surface area contributed by atoms with Crippen LogP contribution in [0.4, 0.5) is 5.69 Å². The minimum absolute atomic E-state index is 0.0550. The standard InChI is InChI=1S/C12H10N2O4S2/c13-11-8-10(9-4-2-1-3-5-9)6-7-12(11)20(17,18)14-19(15)16/h1-8H,13H2. The van der Waals surface area contributed by atoms with Gasteiger partial charge in [0, 0.05) is 0 Å². The van der Waals surface area contributed by atoms with Crippen molar-refractivity contribution in [1.29, 1.82) is 0 Å². The topological polar surface area (TPSA) is 107 Å². The fraction of sp³-hybridized carbons (Fsp3) is 0. The Labute approximate surface area is 117 Å². The van der Waals surface area contributed by atoms with E-state index in [1.54, 1.807) is 6.07 Å². The molecule has 0 fully saturated rings. The molecule has 0 aromatic heterocycles. The Morgan fingerprint density at radius 2 is 1.60 bits per heavy atom. The van der Waals surface area contributed by atoms with Gasteiger partial charge in [-0.2, -0.15) is 16.8 Å². The van der Waals surface area contributed by atoms with Crippen molar-refractivity contribution in [2.45, 2.75) is 4.90 Å². The van der Waals surface area contributed by atoms with Gasteiger partial charge in [0.05, 0.1) is 5.69 Å². The van der Waals surface area contributed by atoms with Crippen molar-refractivity contribution in [2.24, 2.45) is 3.77 Å². The first-order chi connectivity index (χ1) is 9.40. The molecule has 0 amide bonds. The smallest absolute Gasteiger partial charge is 0.327 e. The zero-order valence-electron chi connectivity index (χ0n) is 10.1. The molecule has 0 unspecified atom stereocenters. The normalized spacial score (nSPS) is 11.0. The highest BCUT2D eigenvalue weighted by atomic mass is 32.2. The van der Waals surface area contributed by atoms with E-state index in [1.165, 1.54) is 12.1 Å². The molecule has 8 heteroatoms. The second-order valence-electron chi connectivity index (χ2n) is 3.89. The lowest BCUT2D eigenvalue weighted by molar-refractivity contribution is 0.596. The minimum Gasteiger partial charge on any atom is -0.398 e. The average Bonchev–Trinajstić information content (AvgIpc) is 2.37. The van der Waals surface area contributed by atoms with Crippen LogP contribution in [-0.4, -0.2) is 16.8 Å². The summed E-state index contributed by atoms with van der Waals surface area (Å²) in [7, 11) is -7.36. The molecule has 0 heterocycles. The van der Waals surface area contributed by atoms with E-state index in [1.807, 2.05) is 30.3 Å². The molecular formula is C12H10N2O4S2. The first-order valence-corrected chi connectivity index (χ1v) is 7.90. The highest BCUT2D eigenvalue weighted by Gasteiger charge is 2.17. The molecule has 0 aliphatic rings. The molecule has 0 saturated carbocycles. The second kappa shape index (κ2) is 5.43. The lowest BCUT2D eigenvalue weighted by atomic mass is 10.1. The molecule has 0 aliphatic carbocycles. The maximum atomic E-state index is 11.7. The number of sulfonamides is 1. The lowest BCUT2D eigenvalue weighted by Crippen LogP contribution is -2.02. The third kappa shape index (κ3) is 3.03. The van der Waals surface area contributed by atoms with E-state index in [-0.39, 0.29) is 10.6 Å². The SMILES string of the molecule is Nc1cc(-c2ccccc2)ccc1S(=O)(=O)N=S(=O)=O. The third-order valence-corrected chi connectivity index (χ3v) is 4.75. The Hall–Kier alpha value is -2.19. The number of nitrogens with zero attached hydrogens (tertiary/aromatic N) is 1. The molecule has 6 nitrogen and oxygen atoms in total. The summed E-state index contributed by atoms with van der Waals surface area (Å²) in [6.45, 7) is 0. The van der Waals surface area contributed by atoms with Crippen molar-refractivity contribution in [1.82, 2.24) is 0 Å². The molecule has 0 atom stereocenters. The van der Waals surface area contributed by atoms with Crippen LogP contribution >= 0.6 is 0 Å². The summed E-state index contributed by atoms with van der Waals surface area (Å²) in [5, 5.41) is 0. The molecule has 0 saturated heterocycles. The van der Waals surface area contributed by atoms with Crippen molar-refractivity contribution in [3.8, 4) is 11.1 Å². The Morgan fingerprint density at radius 3 is 2.15 bits per heavy atom. The quantitative estimate of drug-likeness (QED) is 0.868. The summed E-state index contributed by atoms with van der Waals surface area (Å²) >= 11 is 0. The van der Waals surface area contributed by atoms with Crippen LogP contribution in [0.2, 0.25) is 0 Å². The summed E-state index contributed by atoms with van der Waals surface area (Å²) in [5.41, 5.74) is 7.22. The highest BCUT2D eigenvalue weighted by molar-refractivity contribution is 7.94. The maximum absolute atomic E-state index is 11.7. The fourth-order valence-electron chi connectivity index (χ4n) is 1.71. The van der Waals surface area contributed by atoms with Crippen LogP contribution in [0.3, 0.4) is 0 Å². The van der Waals surface area contributed by atoms with Crippen molar-refractivity contribution in [2.75, 3.05) is 5.73 Å². The maximum Gasteiger partial charge on any atom is 0.327 e.